The van der Waals surface area contributed by atoms with Gasteiger partial charge in [-0.1, -0.05) is 25.4 Å². The highest BCUT2D eigenvalue weighted by atomic mass is 16.4. The summed E-state index contributed by atoms with van der Waals surface area (Å²) in [5, 5.41) is 17.0. The lowest BCUT2D eigenvalue weighted by atomic mass is 10.0. The van der Waals surface area contributed by atoms with Gasteiger partial charge < -0.3 is 21.6 Å². The van der Waals surface area contributed by atoms with Crippen LogP contribution in [-0.2, 0) is 9.59 Å². The normalized spacial score (nSPS) is 14.4. The molecule has 0 bridgehead atoms. The van der Waals surface area contributed by atoms with Gasteiger partial charge in [-0.3, -0.25) is 9.59 Å². The van der Waals surface area contributed by atoms with Crippen LogP contribution in [-0.4, -0.2) is 35.4 Å². The highest BCUT2D eigenvalue weighted by Gasteiger charge is 2.22. The van der Waals surface area contributed by atoms with Gasteiger partial charge in [0.15, 0.2) is 5.84 Å². The van der Waals surface area contributed by atoms with Crippen LogP contribution in [0, 0.1) is 5.92 Å². The van der Waals surface area contributed by atoms with Gasteiger partial charge in [0.2, 0.25) is 11.8 Å². The third-order valence-corrected chi connectivity index (χ3v) is 3.04. The molecule has 7 nitrogen and oxygen atoms in total. The van der Waals surface area contributed by atoms with Gasteiger partial charge >= 0.3 is 0 Å². The predicted molar refractivity (Wildman–Crippen MR) is 77.3 cm³/mol. The van der Waals surface area contributed by atoms with Crippen LogP contribution in [0.3, 0.4) is 0 Å². The molecule has 0 heterocycles. The van der Waals surface area contributed by atoms with Crippen molar-refractivity contribution in [2.24, 2.45) is 16.8 Å². The van der Waals surface area contributed by atoms with Gasteiger partial charge in [-0.15, -0.1) is 0 Å². The fraction of sp³-hybridized carbons (Fsp3) is 0.769. The van der Waals surface area contributed by atoms with E-state index in [1.807, 2.05) is 20.8 Å². The fourth-order valence-corrected chi connectivity index (χ4v) is 1.64. The number of hydrogen-bond acceptors (Lipinski definition) is 4. The number of carbonyl (C=O) groups excluding carboxylic acids is 2. The summed E-state index contributed by atoms with van der Waals surface area (Å²) in [6.07, 6.45) is 2.31. The molecule has 20 heavy (non-hydrogen) atoms. The van der Waals surface area contributed by atoms with Gasteiger partial charge in [-0.25, -0.2) is 0 Å². The zero-order valence-corrected chi connectivity index (χ0v) is 12.5. The average molecular weight is 286 g/mol. The van der Waals surface area contributed by atoms with E-state index in [-0.39, 0.29) is 36.7 Å². The molecule has 0 fully saturated rings. The number of nitrogens with two attached hydrogens (primary N) is 1. The largest absolute Gasteiger partial charge is 0.409 e. The molecule has 2 unspecified atom stereocenters. The van der Waals surface area contributed by atoms with Crippen molar-refractivity contribution in [1.29, 1.82) is 0 Å². The summed E-state index contributed by atoms with van der Waals surface area (Å²) in [6, 6.07) is 0.128. The van der Waals surface area contributed by atoms with Crippen molar-refractivity contribution < 1.29 is 14.8 Å². The highest BCUT2D eigenvalue weighted by Crippen LogP contribution is 2.06. The quantitative estimate of drug-likeness (QED) is 0.214. The van der Waals surface area contributed by atoms with E-state index in [1.54, 1.807) is 0 Å². The molecule has 0 aromatic rings. The first-order valence-corrected chi connectivity index (χ1v) is 7.00. The summed E-state index contributed by atoms with van der Waals surface area (Å²) in [4.78, 5) is 23.4. The molecular formula is C13H26N4O3. The highest BCUT2D eigenvalue weighted by molar-refractivity contribution is 6.02. The predicted octanol–water partition coefficient (Wildman–Crippen LogP) is 0.570. The Hall–Kier alpha value is -1.79. The second-order valence-electron chi connectivity index (χ2n) is 4.78. The third-order valence-electron chi connectivity index (χ3n) is 3.04. The van der Waals surface area contributed by atoms with E-state index in [0.29, 0.717) is 6.42 Å². The van der Waals surface area contributed by atoms with Crippen molar-refractivity contribution in [3.05, 3.63) is 0 Å². The Bertz CT molecular complexity index is 345. The van der Waals surface area contributed by atoms with Gasteiger partial charge in [0.25, 0.3) is 0 Å². The Morgan fingerprint density at radius 3 is 2.50 bits per heavy atom. The first-order chi connectivity index (χ1) is 9.46. The number of hydrogen-bond donors (Lipinski definition) is 4. The first kappa shape index (κ1) is 18.2. The van der Waals surface area contributed by atoms with Gasteiger partial charge in [0.1, 0.15) is 0 Å². The zero-order chi connectivity index (χ0) is 15.5. The number of amides is 2. The topological polar surface area (TPSA) is 117 Å². The molecule has 0 aromatic carbocycles. The van der Waals surface area contributed by atoms with Crippen LogP contribution in [0.5, 0.6) is 0 Å². The molecule has 0 aliphatic carbocycles. The molecule has 0 saturated heterocycles. The summed E-state index contributed by atoms with van der Waals surface area (Å²) in [5.41, 5.74) is 5.48. The second kappa shape index (κ2) is 10.1. The third kappa shape index (κ3) is 6.96. The molecule has 0 spiro atoms. The van der Waals surface area contributed by atoms with E-state index in [1.165, 1.54) is 0 Å². The summed E-state index contributed by atoms with van der Waals surface area (Å²) < 4.78 is 0. The molecule has 2 amide bonds. The minimum Gasteiger partial charge on any atom is -0.409 e. The molecule has 0 aliphatic heterocycles. The molecule has 7 heteroatoms. The minimum absolute atomic E-state index is 0.101. The maximum atomic E-state index is 11.9. The van der Waals surface area contributed by atoms with Crippen LogP contribution in [0.25, 0.3) is 0 Å². The number of nitrogens with zero attached hydrogens (tertiary/aromatic N) is 1. The number of oxime groups is 1. The maximum absolute atomic E-state index is 11.9. The van der Waals surface area contributed by atoms with E-state index in [4.69, 9.17) is 10.9 Å². The lowest BCUT2D eigenvalue weighted by molar-refractivity contribution is -0.124. The molecule has 0 aliphatic rings. The lowest BCUT2D eigenvalue weighted by Crippen LogP contribution is -2.41. The van der Waals surface area contributed by atoms with Crippen LogP contribution < -0.4 is 16.4 Å². The zero-order valence-electron chi connectivity index (χ0n) is 12.5. The standard InChI is InChI=1S/C13H26N4O3/c1-4-6-10(12(14)17-20)13(19)15-8-7-11(18)16-9(3)5-2/h9-10,20H,4-8H2,1-3H3,(H2,14,17)(H,15,19)(H,16,18). The van der Waals surface area contributed by atoms with Crippen molar-refractivity contribution in [3.63, 3.8) is 0 Å². The Kier molecular flexibility index (Phi) is 9.15. The molecule has 0 radical (unpaired) electrons. The minimum atomic E-state index is -0.650. The summed E-state index contributed by atoms with van der Waals surface area (Å²) in [7, 11) is 0. The summed E-state index contributed by atoms with van der Waals surface area (Å²) in [6.45, 7) is 6.05. The van der Waals surface area contributed by atoms with Crippen LogP contribution in [0.15, 0.2) is 5.16 Å². The van der Waals surface area contributed by atoms with E-state index < -0.39 is 5.92 Å². The van der Waals surface area contributed by atoms with Gasteiger partial charge in [0, 0.05) is 19.0 Å². The van der Waals surface area contributed by atoms with Gasteiger partial charge in [0.05, 0.1) is 5.92 Å². The van der Waals surface area contributed by atoms with E-state index in [2.05, 4.69) is 15.8 Å². The van der Waals surface area contributed by atoms with Crippen LogP contribution >= 0.6 is 0 Å². The van der Waals surface area contributed by atoms with Crippen LogP contribution in [0.4, 0.5) is 0 Å². The average Bonchev–Trinajstić information content (AvgIpc) is 2.43. The van der Waals surface area contributed by atoms with Gasteiger partial charge in [-0.05, 0) is 19.8 Å². The smallest absolute Gasteiger partial charge is 0.230 e. The number of carbonyl (C=O) groups is 2. The van der Waals surface area contributed by atoms with E-state index in [0.717, 1.165) is 12.8 Å². The summed E-state index contributed by atoms with van der Waals surface area (Å²) >= 11 is 0. The molecule has 0 saturated carbocycles. The number of rotatable bonds is 9. The fourth-order valence-electron chi connectivity index (χ4n) is 1.64. The second-order valence-corrected chi connectivity index (χ2v) is 4.78. The van der Waals surface area contributed by atoms with E-state index in [9.17, 15) is 9.59 Å². The number of amidine groups is 1. The molecule has 116 valence electrons. The van der Waals surface area contributed by atoms with Crippen molar-refractivity contribution in [3.8, 4) is 0 Å². The van der Waals surface area contributed by atoms with Crippen molar-refractivity contribution >= 4 is 17.6 Å². The van der Waals surface area contributed by atoms with Crippen LogP contribution in [0.2, 0.25) is 0 Å². The first-order valence-electron chi connectivity index (χ1n) is 7.00. The SMILES string of the molecule is CCCC(C(=O)NCCC(=O)NC(C)CC)C(N)=NO. The Balaban J connectivity index is 4.16. The summed E-state index contributed by atoms with van der Waals surface area (Å²) in [5.74, 6) is -1.18. The van der Waals surface area contributed by atoms with E-state index >= 15 is 0 Å². The molecule has 0 rings (SSSR count). The number of nitrogens with one attached hydrogen (secondary N) is 2. The van der Waals surface area contributed by atoms with Crippen molar-refractivity contribution in [2.75, 3.05) is 6.54 Å². The molecule has 0 aromatic heterocycles. The Morgan fingerprint density at radius 1 is 1.35 bits per heavy atom. The van der Waals surface area contributed by atoms with Gasteiger partial charge in [-0.2, -0.15) is 0 Å². The molecular weight excluding hydrogens is 260 g/mol. The molecule has 5 N–H and O–H groups in total. The lowest BCUT2D eigenvalue weighted by Gasteiger charge is -2.15. The Labute approximate surface area is 120 Å². The maximum Gasteiger partial charge on any atom is 0.230 e. The molecule has 2 atom stereocenters. The van der Waals surface area contributed by atoms with Crippen molar-refractivity contribution in [2.45, 2.75) is 52.5 Å². The van der Waals surface area contributed by atoms with Crippen molar-refractivity contribution in [1.82, 2.24) is 10.6 Å². The monoisotopic (exact) mass is 286 g/mol. The van der Waals surface area contributed by atoms with Crippen LogP contribution in [0.1, 0.15) is 46.5 Å². The Morgan fingerprint density at radius 2 is 2.00 bits per heavy atom.